The molecule has 4 rings (SSSR count). The zero-order valence-electron chi connectivity index (χ0n) is 15.1. The molecule has 10 heteroatoms. The molecule has 2 aromatic heterocycles. The van der Waals surface area contributed by atoms with Gasteiger partial charge in [-0.2, -0.15) is 5.10 Å². The molecule has 3 aromatic rings. The molecule has 9 nitrogen and oxygen atoms in total. The summed E-state index contributed by atoms with van der Waals surface area (Å²) in [5.74, 6) is -0.136. The van der Waals surface area contributed by atoms with Crippen molar-refractivity contribution in [1.29, 1.82) is 0 Å². The molecule has 0 fully saturated rings. The molecule has 0 aliphatic carbocycles. The van der Waals surface area contributed by atoms with E-state index in [-0.39, 0.29) is 12.5 Å². The van der Waals surface area contributed by atoms with Crippen LogP contribution in [0.25, 0.3) is 16.3 Å². The van der Waals surface area contributed by atoms with E-state index in [0.29, 0.717) is 28.7 Å². The number of benzene rings is 1. The van der Waals surface area contributed by atoms with Gasteiger partial charge in [0.15, 0.2) is 6.73 Å². The molecule has 1 aliphatic rings. The lowest BCUT2D eigenvalue weighted by Crippen LogP contribution is -2.19. The van der Waals surface area contributed by atoms with Crippen LogP contribution in [0.15, 0.2) is 54.9 Å². The molecule has 1 aromatic carbocycles. The zero-order valence-corrected chi connectivity index (χ0v) is 15.9. The molecule has 0 bridgehead atoms. The van der Waals surface area contributed by atoms with Crippen LogP contribution in [0.5, 0.6) is 0 Å². The number of hydrogen-bond acceptors (Lipinski definition) is 7. The minimum absolute atomic E-state index is 0.0296. The second-order valence-corrected chi connectivity index (χ2v) is 7.18. The van der Waals surface area contributed by atoms with Crippen molar-refractivity contribution in [2.45, 2.75) is 6.54 Å². The number of amides is 2. The Kier molecular flexibility index (Phi) is 5.27. The Morgan fingerprint density at radius 2 is 2.10 bits per heavy atom. The predicted octanol–water partition coefficient (Wildman–Crippen LogP) is 2.25. The molecule has 3 heterocycles. The maximum Gasteiger partial charge on any atom is 0.284 e. The fourth-order valence-corrected chi connectivity index (χ4v) is 3.69. The molecule has 0 radical (unpaired) electrons. The number of anilines is 1. The average molecular weight is 411 g/mol. The van der Waals surface area contributed by atoms with Crippen molar-refractivity contribution in [1.82, 2.24) is 20.6 Å². The van der Waals surface area contributed by atoms with E-state index >= 15 is 0 Å². The number of carbonyl (C=O) groups excluding carboxylic acids is 2. The summed E-state index contributed by atoms with van der Waals surface area (Å²) in [6.45, 7) is 0.430. The number of nitrogens with one attached hydrogen (secondary N) is 3. The molecule has 4 N–H and O–H groups in total. The van der Waals surface area contributed by atoms with Crippen LogP contribution in [0, 0.1) is 0 Å². The van der Waals surface area contributed by atoms with E-state index in [4.69, 9.17) is 9.94 Å². The smallest absolute Gasteiger partial charge is 0.284 e. The third-order valence-electron chi connectivity index (χ3n) is 4.14. The molecule has 29 heavy (non-hydrogen) atoms. The molecule has 0 saturated heterocycles. The number of hydrogen-bond donors (Lipinski definition) is 4. The lowest BCUT2D eigenvalue weighted by molar-refractivity contribution is -0.116. The highest BCUT2D eigenvalue weighted by molar-refractivity contribution is 7.17. The van der Waals surface area contributed by atoms with Crippen molar-refractivity contribution in [2.24, 2.45) is 0 Å². The largest absolute Gasteiger partial charge is 0.471 e. The van der Waals surface area contributed by atoms with E-state index in [1.54, 1.807) is 36.1 Å². The van der Waals surface area contributed by atoms with E-state index in [9.17, 15) is 9.59 Å². The second-order valence-electron chi connectivity index (χ2n) is 6.10. The molecule has 0 spiro atoms. The number of carbonyl (C=O) groups is 2. The highest BCUT2D eigenvalue weighted by Crippen LogP contribution is 2.27. The first-order valence-corrected chi connectivity index (χ1v) is 9.49. The Labute approximate surface area is 169 Å². The average Bonchev–Trinajstić information content (AvgIpc) is 3.48. The molecule has 1 aliphatic heterocycles. The van der Waals surface area contributed by atoms with Crippen LogP contribution < -0.4 is 16.1 Å². The van der Waals surface area contributed by atoms with Crippen molar-refractivity contribution in [3.8, 4) is 10.6 Å². The minimum Gasteiger partial charge on any atom is -0.471 e. The van der Waals surface area contributed by atoms with Gasteiger partial charge in [0, 0.05) is 18.0 Å². The third-order valence-corrected chi connectivity index (χ3v) is 5.25. The summed E-state index contributed by atoms with van der Waals surface area (Å²) in [7, 11) is 0. The number of ether oxygens (including phenoxy) is 1. The summed E-state index contributed by atoms with van der Waals surface area (Å²) < 4.78 is 7.02. The molecule has 148 valence electrons. The number of rotatable bonds is 6. The van der Waals surface area contributed by atoms with Crippen LogP contribution in [0.3, 0.4) is 0 Å². The summed E-state index contributed by atoms with van der Waals surface area (Å²) in [5.41, 5.74) is 3.68. The number of aromatic nitrogens is 2. The van der Waals surface area contributed by atoms with E-state index in [0.717, 1.165) is 10.4 Å². The van der Waals surface area contributed by atoms with Gasteiger partial charge in [-0.3, -0.25) is 19.5 Å². The summed E-state index contributed by atoms with van der Waals surface area (Å²) in [5, 5.41) is 19.0. The highest BCUT2D eigenvalue weighted by Gasteiger charge is 2.15. The fourth-order valence-electron chi connectivity index (χ4n) is 2.83. The van der Waals surface area contributed by atoms with Gasteiger partial charge >= 0.3 is 0 Å². The van der Waals surface area contributed by atoms with Crippen LogP contribution in [-0.4, -0.2) is 33.5 Å². The summed E-state index contributed by atoms with van der Waals surface area (Å²) in [6.07, 6.45) is 3.45. The Bertz CT molecular complexity index is 1090. The minimum atomic E-state index is -0.574. The SMILES string of the molecule is O=C(Cn1ccc(-c2ccc(C(=O)NO)s2)n1)Nc1ccccc1C1=CNCO1. The fraction of sp³-hybridized carbons (Fsp3) is 0.105. The summed E-state index contributed by atoms with van der Waals surface area (Å²) in [4.78, 5) is 25.1. The van der Waals surface area contributed by atoms with Crippen LogP contribution in [-0.2, 0) is 16.1 Å². The van der Waals surface area contributed by atoms with Gasteiger partial charge in [0.25, 0.3) is 5.91 Å². The van der Waals surface area contributed by atoms with Gasteiger partial charge in [0.1, 0.15) is 18.0 Å². The standard InChI is InChI=1S/C19H17N5O4S/c25-18(21-13-4-2-1-3-12(13)15-9-20-11-28-15)10-24-8-7-14(22-24)16-5-6-17(29-16)19(26)23-27/h1-9,20,27H,10-11H2,(H,21,25)(H,23,26). The lowest BCUT2D eigenvalue weighted by atomic mass is 10.1. The van der Waals surface area contributed by atoms with Crippen molar-refractivity contribution in [3.05, 3.63) is 65.3 Å². The molecule has 0 saturated carbocycles. The Morgan fingerprint density at radius 3 is 2.90 bits per heavy atom. The maximum atomic E-state index is 12.5. The number of hydroxylamine groups is 1. The van der Waals surface area contributed by atoms with Crippen LogP contribution in [0.2, 0.25) is 0 Å². The first kappa shape index (κ1) is 18.7. The van der Waals surface area contributed by atoms with Gasteiger partial charge in [0.2, 0.25) is 5.91 Å². The zero-order chi connectivity index (χ0) is 20.2. The number of para-hydroxylation sites is 1. The van der Waals surface area contributed by atoms with Gasteiger partial charge in [-0.1, -0.05) is 12.1 Å². The van der Waals surface area contributed by atoms with Crippen molar-refractivity contribution < 1.29 is 19.5 Å². The number of nitrogens with zero attached hydrogens (tertiary/aromatic N) is 2. The molecule has 2 amide bonds. The van der Waals surface area contributed by atoms with Crippen LogP contribution >= 0.6 is 11.3 Å². The van der Waals surface area contributed by atoms with Gasteiger partial charge in [-0.05, 0) is 30.3 Å². The Morgan fingerprint density at radius 1 is 1.24 bits per heavy atom. The van der Waals surface area contributed by atoms with E-state index in [1.807, 2.05) is 24.3 Å². The highest BCUT2D eigenvalue weighted by atomic mass is 32.1. The first-order chi connectivity index (χ1) is 14.1. The van der Waals surface area contributed by atoms with Gasteiger partial charge in [0.05, 0.1) is 15.4 Å². The van der Waals surface area contributed by atoms with E-state index in [2.05, 4.69) is 15.7 Å². The topological polar surface area (TPSA) is 118 Å². The first-order valence-electron chi connectivity index (χ1n) is 8.68. The quantitative estimate of drug-likeness (QED) is 0.365. The van der Waals surface area contributed by atoms with Gasteiger partial charge in [-0.25, -0.2) is 5.48 Å². The van der Waals surface area contributed by atoms with Gasteiger partial charge in [-0.15, -0.1) is 11.3 Å². The normalized spacial score (nSPS) is 12.7. The summed E-state index contributed by atoms with van der Waals surface area (Å²) >= 11 is 1.20. The molecular formula is C19H17N5O4S. The van der Waals surface area contributed by atoms with E-state index < -0.39 is 5.91 Å². The van der Waals surface area contributed by atoms with Gasteiger partial charge < -0.3 is 15.4 Å². The Hall–Kier alpha value is -3.63. The van der Waals surface area contributed by atoms with E-state index in [1.165, 1.54) is 16.0 Å². The number of thiophene rings is 1. The van der Waals surface area contributed by atoms with Crippen LogP contribution in [0.4, 0.5) is 5.69 Å². The Balaban J connectivity index is 1.44. The predicted molar refractivity (Wildman–Crippen MR) is 107 cm³/mol. The maximum absolute atomic E-state index is 12.5. The van der Waals surface area contributed by atoms with Crippen LogP contribution in [0.1, 0.15) is 15.2 Å². The molecular weight excluding hydrogens is 394 g/mol. The third kappa shape index (κ3) is 4.13. The van der Waals surface area contributed by atoms with Crippen molar-refractivity contribution in [3.63, 3.8) is 0 Å². The lowest BCUT2D eigenvalue weighted by Gasteiger charge is -2.11. The summed E-state index contributed by atoms with van der Waals surface area (Å²) in [6, 6.07) is 12.5. The molecule has 0 atom stereocenters. The van der Waals surface area contributed by atoms with Crippen molar-refractivity contribution >= 4 is 34.6 Å². The van der Waals surface area contributed by atoms with Crippen molar-refractivity contribution in [2.75, 3.05) is 12.0 Å². The molecule has 0 unspecified atom stereocenters. The monoisotopic (exact) mass is 411 g/mol. The second kappa shape index (κ2) is 8.17.